The monoisotopic (exact) mass is 554 g/mol. The van der Waals surface area contributed by atoms with E-state index in [1.807, 2.05) is 0 Å². The van der Waals surface area contributed by atoms with Crippen molar-refractivity contribution in [3.63, 3.8) is 0 Å². The number of hydrogen-bond acceptors (Lipinski definition) is 9. The fourth-order valence-electron chi connectivity index (χ4n) is 4.24. The molecule has 2 amide bonds. The van der Waals surface area contributed by atoms with Crippen LogP contribution in [0.2, 0.25) is 5.02 Å². The summed E-state index contributed by atoms with van der Waals surface area (Å²) in [5, 5.41) is 7.27. The van der Waals surface area contributed by atoms with Crippen molar-refractivity contribution in [3.05, 3.63) is 44.9 Å². The molecule has 0 bridgehead atoms. The Hall–Kier alpha value is -2.13. The number of nitrogens with zero attached hydrogens (tertiary/aromatic N) is 3. The quantitative estimate of drug-likeness (QED) is 0.440. The molecule has 0 spiro atoms. The third-order valence-corrected chi connectivity index (χ3v) is 10.8. The molecule has 1 fully saturated rings. The van der Waals surface area contributed by atoms with E-state index in [4.69, 9.17) is 17.3 Å². The minimum absolute atomic E-state index is 0.0636. The summed E-state index contributed by atoms with van der Waals surface area (Å²) < 4.78 is 29.1. The number of halogens is 1. The molecule has 2 atom stereocenters. The van der Waals surface area contributed by atoms with Gasteiger partial charge in [-0.2, -0.15) is 4.31 Å². The number of fused-ring (bicyclic) bond motifs is 2. The van der Waals surface area contributed by atoms with Crippen molar-refractivity contribution >= 4 is 66.2 Å². The van der Waals surface area contributed by atoms with Crippen LogP contribution in [0.3, 0.4) is 0 Å². The zero-order valence-electron chi connectivity index (χ0n) is 18.7. The Balaban J connectivity index is 1.40. The van der Waals surface area contributed by atoms with Crippen LogP contribution in [0.1, 0.15) is 20.4 Å². The van der Waals surface area contributed by atoms with Crippen LogP contribution in [0.15, 0.2) is 28.5 Å². The number of sulfonamides is 1. The van der Waals surface area contributed by atoms with Crippen molar-refractivity contribution < 1.29 is 18.0 Å². The number of thiophene rings is 1. The first kappa shape index (κ1) is 24.6. The SMILES string of the molecule is CNC(=O)C1CN(S(=O)(=O)c2cc3ccc(Cl)cc3s2)CCN1C(=O)c1nc2c(s1)CNC(N)C2. The third kappa shape index (κ3) is 4.57. The predicted octanol–water partition coefficient (Wildman–Crippen LogP) is 1.20. The van der Waals surface area contributed by atoms with Crippen LogP contribution in [0, 0.1) is 0 Å². The van der Waals surface area contributed by atoms with E-state index in [2.05, 4.69) is 15.6 Å². The Labute approximate surface area is 215 Å². The largest absolute Gasteiger partial charge is 0.357 e. The van der Waals surface area contributed by atoms with Crippen LogP contribution in [-0.4, -0.2) is 73.3 Å². The van der Waals surface area contributed by atoms with Gasteiger partial charge in [-0.05, 0) is 23.6 Å². The molecule has 35 heavy (non-hydrogen) atoms. The summed E-state index contributed by atoms with van der Waals surface area (Å²) in [7, 11) is -2.42. The fraction of sp³-hybridized carbons (Fsp3) is 0.381. The lowest BCUT2D eigenvalue weighted by Crippen LogP contribution is -2.61. The number of nitrogens with two attached hydrogens (primary N) is 1. The van der Waals surface area contributed by atoms with Crippen LogP contribution >= 0.6 is 34.3 Å². The molecular weight excluding hydrogens is 532 g/mol. The number of nitrogens with one attached hydrogen (secondary N) is 2. The first-order valence-corrected chi connectivity index (χ1v) is 14.3. The van der Waals surface area contributed by atoms with Gasteiger partial charge in [0.25, 0.3) is 15.9 Å². The number of amides is 2. The zero-order chi connectivity index (χ0) is 24.9. The maximum absolute atomic E-state index is 13.4. The molecule has 1 aromatic carbocycles. The van der Waals surface area contributed by atoms with Gasteiger partial charge >= 0.3 is 0 Å². The topological polar surface area (TPSA) is 138 Å². The Bertz CT molecular complexity index is 1420. The lowest BCUT2D eigenvalue weighted by molar-refractivity contribution is -0.126. The van der Waals surface area contributed by atoms with Crippen LogP contribution in [0.4, 0.5) is 0 Å². The lowest BCUT2D eigenvalue weighted by atomic mass is 10.1. The molecule has 4 N–H and O–H groups in total. The molecule has 0 radical (unpaired) electrons. The minimum atomic E-state index is -3.88. The Morgan fingerprint density at radius 1 is 1.26 bits per heavy atom. The van der Waals surface area contributed by atoms with E-state index < -0.39 is 22.0 Å². The van der Waals surface area contributed by atoms with Gasteiger partial charge in [0.2, 0.25) is 5.91 Å². The highest BCUT2D eigenvalue weighted by atomic mass is 35.5. The van der Waals surface area contributed by atoms with Crippen molar-refractivity contribution in [2.75, 3.05) is 26.7 Å². The molecule has 0 saturated carbocycles. The molecule has 2 aromatic heterocycles. The second kappa shape index (κ2) is 9.39. The molecule has 2 aliphatic rings. The highest BCUT2D eigenvalue weighted by Gasteiger charge is 2.41. The van der Waals surface area contributed by atoms with Crippen LogP contribution < -0.4 is 16.4 Å². The summed E-state index contributed by atoms with van der Waals surface area (Å²) in [5.41, 5.74) is 6.72. The molecule has 4 heterocycles. The summed E-state index contributed by atoms with van der Waals surface area (Å²) in [6, 6.07) is 5.82. The van der Waals surface area contributed by atoms with Gasteiger partial charge in [0.1, 0.15) is 10.3 Å². The van der Waals surface area contributed by atoms with Gasteiger partial charge in [-0.15, -0.1) is 22.7 Å². The number of benzene rings is 1. The van der Waals surface area contributed by atoms with Gasteiger partial charge in [0.15, 0.2) is 5.01 Å². The van der Waals surface area contributed by atoms with E-state index in [1.165, 1.54) is 27.6 Å². The number of likely N-dealkylation sites (N-methyl/N-ethyl adjacent to an activating group) is 1. The number of carbonyl (C=O) groups excluding carboxylic acids is 2. The highest BCUT2D eigenvalue weighted by molar-refractivity contribution is 7.91. The van der Waals surface area contributed by atoms with Crippen molar-refractivity contribution in [3.8, 4) is 0 Å². The van der Waals surface area contributed by atoms with Crippen molar-refractivity contribution in [1.82, 2.24) is 24.8 Å². The second-order valence-electron chi connectivity index (χ2n) is 8.32. The molecule has 14 heteroatoms. The van der Waals surface area contributed by atoms with Gasteiger partial charge in [0.05, 0.1) is 11.9 Å². The molecule has 186 valence electrons. The smallest absolute Gasteiger partial charge is 0.283 e. The summed E-state index contributed by atoms with van der Waals surface area (Å²) in [6.07, 6.45) is 0.301. The second-order valence-corrected chi connectivity index (χ2v) is 13.1. The number of rotatable bonds is 4. The first-order chi connectivity index (χ1) is 16.7. The third-order valence-electron chi connectivity index (χ3n) is 6.11. The minimum Gasteiger partial charge on any atom is -0.357 e. The van der Waals surface area contributed by atoms with Gasteiger partial charge in [-0.25, -0.2) is 13.4 Å². The van der Waals surface area contributed by atoms with Crippen LogP contribution in [0.5, 0.6) is 0 Å². The number of aromatic nitrogens is 1. The molecule has 2 aliphatic heterocycles. The van der Waals surface area contributed by atoms with Crippen LogP contribution in [0.25, 0.3) is 10.1 Å². The van der Waals surface area contributed by atoms with E-state index in [-0.39, 0.29) is 40.9 Å². The summed E-state index contributed by atoms with van der Waals surface area (Å²) in [4.78, 5) is 33.0. The van der Waals surface area contributed by atoms with Crippen LogP contribution in [-0.2, 0) is 27.8 Å². The Kier molecular flexibility index (Phi) is 6.59. The molecule has 3 aromatic rings. The molecular formula is C21H23ClN6O4S3. The van der Waals surface area contributed by atoms with Crippen molar-refractivity contribution in [1.29, 1.82) is 0 Å². The van der Waals surface area contributed by atoms with Gasteiger partial charge in [-0.3, -0.25) is 14.9 Å². The maximum atomic E-state index is 13.4. The first-order valence-electron chi connectivity index (χ1n) is 10.9. The van der Waals surface area contributed by atoms with E-state index >= 15 is 0 Å². The number of thiazole rings is 1. The summed E-state index contributed by atoms with van der Waals surface area (Å²) in [6.45, 7) is 0.510. The number of hydrogen-bond donors (Lipinski definition) is 3. The molecule has 5 rings (SSSR count). The lowest BCUT2D eigenvalue weighted by Gasteiger charge is -2.39. The van der Waals surface area contributed by atoms with Gasteiger partial charge in [-0.1, -0.05) is 17.7 Å². The van der Waals surface area contributed by atoms with E-state index in [1.54, 1.807) is 24.3 Å². The average molecular weight is 555 g/mol. The standard InChI is InChI=1S/C21H23ClN6O4S3/c1-24-19(29)14-10-27(35(31,32)18-6-11-2-3-12(22)7-15(11)33-18)4-5-28(14)21(30)20-26-13-8-17(23)25-9-16(13)34-20/h2-3,6-7,14,17,25H,4-5,8-10,23H2,1H3,(H,24,29). The molecule has 1 saturated heterocycles. The Morgan fingerprint density at radius 2 is 2.06 bits per heavy atom. The normalized spacial score (nSPS) is 21.2. The molecule has 0 aliphatic carbocycles. The van der Waals surface area contributed by atoms with Crippen molar-refractivity contribution in [2.24, 2.45) is 5.73 Å². The number of carbonyl (C=O) groups is 2. The Morgan fingerprint density at radius 3 is 2.83 bits per heavy atom. The summed E-state index contributed by atoms with van der Waals surface area (Å²) in [5.74, 6) is -0.827. The zero-order valence-corrected chi connectivity index (χ0v) is 21.9. The molecule has 2 unspecified atom stereocenters. The number of piperazine rings is 1. The maximum Gasteiger partial charge on any atom is 0.283 e. The predicted molar refractivity (Wildman–Crippen MR) is 135 cm³/mol. The van der Waals surface area contributed by atoms with Gasteiger partial charge < -0.3 is 16.0 Å². The fourth-order valence-corrected chi connectivity index (χ4v) is 8.51. The molecule has 10 nitrogen and oxygen atoms in total. The van der Waals surface area contributed by atoms with E-state index in [9.17, 15) is 18.0 Å². The van der Waals surface area contributed by atoms with Gasteiger partial charge in [0, 0.05) is 54.2 Å². The van der Waals surface area contributed by atoms with E-state index in [0.29, 0.717) is 18.0 Å². The van der Waals surface area contributed by atoms with Crippen molar-refractivity contribution in [2.45, 2.75) is 29.4 Å². The average Bonchev–Trinajstić information content (AvgIpc) is 3.46. The van der Waals surface area contributed by atoms with E-state index in [0.717, 1.165) is 32.0 Å². The summed E-state index contributed by atoms with van der Waals surface area (Å²) >= 11 is 8.45. The highest BCUT2D eigenvalue weighted by Crippen LogP contribution is 2.34.